The number of rotatable bonds is 10. The van der Waals surface area contributed by atoms with Crippen LogP contribution in [0.3, 0.4) is 0 Å². The van der Waals surface area contributed by atoms with Crippen LogP contribution in [-0.2, 0) is 33.2 Å². The van der Waals surface area contributed by atoms with Gasteiger partial charge in [0.25, 0.3) is 0 Å². The van der Waals surface area contributed by atoms with Gasteiger partial charge in [-0.15, -0.1) is 0 Å². The Morgan fingerprint density at radius 3 is 2.35 bits per heavy atom. The third-order valence-corrected chi connectivity index (χ3v) is 11.4. The van der Waals surface area contributed by atoms with Crippen molar-refractivity contribution in [3.05, 3.63) is 71.6 Å². The molecule has 0 bridgehead atoms. The monoisotopic (exact) mass is 776 g/mol. The Hall–Kier alpha value is -2.65. The molecule has 0 aliphatic carbocycles. The van der Waals surface area contributed by atoms with Gasteiger partial charge in [-0.1, -0.05) is 94.4 Å². The summed E-state index contributed by atoms with van der Waals surface area (Å²) in [5, 5.41) is 56.1. The molecule has 312 valence electrons. The molecule has 3 rings (SSSR count). The molecule has 0 spiro atoms. The van der Waals surface area contributed by atoms with Crippen LogP contribution in [0.4, 0.5) is 0 Å². The highest BCUT2D eigenvalue weighted by Gasteiger charge is 2.52. The molecule has 2 saturated heterocycles. The molecule has 0 saturated carbocycles. The summed E-state index contributed by atoms with van der Waals surface area (Å²) >= 11 is 0. The van der Waals surface area contributed by atoms with Crippen molar-refractivity contribution in [3.63, 3.8) is 0 Å². The van der Waals surface area contributed by atoms with Crippen LogP contribution >= 0.6 is 0 Å². The molecule has 3 aliphatic heterocycles. The third-order valence-electron chi connectivity index (χ3n) is 11.4. The van der Waals surface area contributed by atoms with Crippen LogP contribution in [0.25, 0.3) is 0 Å². The molecule has 0 amide bonds. The lowest BCUT2D eigenvalue weighted by molar-refractivity contribution is -0.339. The predicted octanol–water partition coefficient (Wildman–Crippen LogP) is 5.05. The fourth-order valence-electron chi connectivity index (χ4n) is 7.76. The summed E-state index contributed by atoms with van der Waals surface area (Å²) < 4.78 is 36.1. The first-order valence-corrected chi connectivity index (χ1v) is 19.6. The van der Waals surface area contributed by atoms with Crippen LogP contribution in [0.1, 0.15) is 81.6 Å². The molecular formula is C43H68O12. The number of ether oxygens (including phenoxy) is 6. The predicted molar refractivity (Wildman–Crippen MR) is 209 cm³/mol. The fraction of sp³-hybridized carbons (Fsp3) is 0.698. The van der Waals surface area contributed by atoms with Crippen molar-refractivity contribution in [2.75, 3.05) is 14.2 Å². The standard InChI is InChI=1S/C43H68O12/c1-12-13-14-17-33-28(6)36(53-37-22-32(44)40(47)31(9)52-37)23-43(49,55-33)30(8)39(46)29(7)41-34(50-10)18-15-16-24(2)19-26(4)38(45)27(5)20-25(3)21-35(51-11)42(48)54-41/h12-18,20-21,26-34,36-41,44-47,49H,19,22-23H2,1-11H3. The number of hydrogen-bond donors (Lipinski definition) is 5. The van der Waals surface area contributed by atoms with Crippen LogP contribution in [0, 0.1) is 29.6 Å². The number of hydrogen-bond acceptors (Lipinski definition) is 12. The molecule has 16 atom stereocenters. The topological polar surface area (TPSA) is 174 Å². The Morgan fingerprint density at radius 2 is 1.73 bits per heavy atom. The van der Waals surface area contributed by atoms with Crippen LogP contribution in [0.15, 0.2) is 71.6 Å². The van der Waals surface area contributed by atoms with Gasteiger partial charge in [-0.2, -0.15) is 0 Å². The second-order valence-electron chi connectivity index (χ2n) is 15.9. The smallest absolute Gasteiger partial charge is 0.373 e. The lowest BCUT2D eigenvalue weighted by Gasteiger charge is -2.49. The molecule has 55 heavy (non-hydrogen) atoms. The summed E-state index contributed by atoms with van der Waals surface area (Å²) in [7, 11) is 2.86. The summed E-state index contributed by atoms with van der Waals surface area (Å²) in [6, 6.07) is 0. The quantitative estimate of drug-likeness (QED) is 0.148. The fourth-order valence-corrected chi connectivity index (χ4v) is 7.76. The molecule has 12 nitrogen and oxygen atoms in total. The molecule has 0 radical (unpaired) electrons. The molecule has 0 aromatic heterocycles. The maximum absolute atomic E-state index is 13.8. The van der Waals surface area contributed by atoms with Gasteiger partial charge >= 0.3 is 5.97 Å². The molecule has 3 heterocycles. The molecule has 0 aromatic rings. The Bertz CT molecular complexity index is 1410. The molecule has 2 fully saturated rings. The minimum absolute atomic E-state index is 0.0349. The Labute approximate surface area is 328 Å². The van der Waals surface area contributed by atoms with E-state index >= 15 is 0 Å². The Balaban J connectivity index is 2.00. The first kappa shape index (κ1) is 46.7. The van der Waals surface area contributed by atoms with Gasteiger partial charge in [0.2, 0.25) is 5.76 Å². The largest absolute Gasteiger partial charge is 0.490 e. The third kappa shape index (κ3) is 12.4. The molecule has 3 aliphatic rings. The average Bonchev–Trinajstić information content (AvgIpc) is 3.13. The first-order valence-electron chi connectivity index (χ1n) is 19.6. The minimum atomic E-state index is -1.92. The highest BCUT2D eigenvalue weighted by molar-refractivity contribution is 5.87. The number of carbonyl (C=O) groups excluding carboxylic acids is 1. The normalized spacial score (nSPS) is 39.2. The van der Waals surface area contributed by atoms with Gasteiger partial charge < -0.3 is 54.0 Å². The second-order valence-corrected chi connectivity index (χ2v) is 15.9. The number of aliphatic hydroxyl groups excluding tert-OH is 4. The van der Waals surface area contributed by atoms with Crippen LogP contribution in [-0.4, -0.2) is 113 Å². The van der Waals surface area contributed by atoms with Crippen LogP contribution in [0.5, 0.6) is 0 Å². The van der Waals surface area contributed by atoms with Crippen molar-refractivity contribution >= 4 is 5.97 Å². The van der Waals surface area contributed by atoms with Crippen LogP contribution in [0.2, 0.25) is 0 Å². The van der Waals surface area contributed by atoms with Crippen molar-refractivity contribution < 1.29 is 58.7 Å². The summed E-state index contributed by atoms with van der Waals surface area (Å²) in [4.78, 5) is 13.8. The molecule has 0 aromatic carbocycles. The van der Waals surface area contributed by atoms with E-state index in [4.69, 9.17) is 28.4 Å². The molecular weight excluding hydrogens is 708 g/mol. The van der Waals surface area contributed by atoms with E-state index in [1.165, 1.54) is 14.2 Å². The van der Waals surface area contributed by atoms with Crippen molar-refractivity contribution in [1.82, 2.24) is 0 Å². The summed E-state index contributed by atoms with van der Waals surface area (Å²) in [5.74, 6) is -5.04. The summed E-state index contributed by atoms with van der Waals surface area (Å²) in [6.07, 6.45) is 8.29. The van der Waals surface area contributed by atoms with E-state index in [0.29, 0.717) is 12.0 Å². The lowest BCUT2D eigenvalue weighted by atomic mass is 9.77. The van der Waals surface area contributed by atoms with E-state index in [9.17, 15) is 30.3 Å². The number of carbonyl (C=O) groups is 1. The average molecular weight is 777 g/mol. The van der Waals surface area contributed by atoms with E-state index in [0.717, 1.165) is 5.57 Å². The van der Waals surface area contributed by atoms with Gasteiger partial charge in [0, 0.05) is 43.6 Å². The summed E-state index contributed by atoms with van der Waals surface area (Å²) in [6.45, 7) is 16.6. The van der Waals surface area contributed by atoms with Crippen molar-refractivity contribution in [3.8, 4) is 0 Å². The Kier molecular flexibility index (Phi) is 18.0. The summed E-state index contributed by atoms with van der Waals surface area (Å²) in [5.41, 5.74) is 1.74. The van der Waals surface area contributed by atoms with Gasteiger partial charge in [0.1, 0.15) is 18.3 Å². The maximum atomic E-state index is 13.8. The molecule has 16 unspecified atom stereocenters. The number of methoxy groups -OCH3 is 2. The minimum Gasteiger partial charge on any atom is -0.490 e. The molecule has 12 heteroatoms. The van der Waals surface area contributed by atoms with E-state index in [1.807, 2.05) is 84.1 Å². The van der Waals surface area contributed by atoms with E-state index < -0.39 is 84.8 Å². The van der Waals surface area contributed by atoms with Gasteiger partial charge in [-0.25, -0.2) is 4.79 Å². The lowest BCUT2D eigenvalue weighted by Crippen LogP contribution is -2.59. The zero-order valence-corrected chi connectivity index (χ0v) is 34.6. The highest BCUT2D eigenvalue weighted by Crippen LogP contribution is 2.42. The Morgan fingerprint density at radius 1 is 1.04 bits per heavy atom. The van der Waals surface area contributed by atoms with E-state index in [2.05, 4.69) is 0 Å². The van der Waals surface area contributed by atoms with Gasteiger partial charge in [-0.3, -0.25) is 0 Å². The van der Waals surface area contributed by atoms with Crippen molar-refractivity contribution in [2.45, 2.75) is 149 Å². The van der Waals surface area contributed by atoms with Gasteiger partial charge in [-0.05, 0) is 46.1 Å². The van der Waals surface area contributed by atoms with Crippen LogP contribution < -0.4 is 0 Å². The zero-order valence-electron chi connectivity index (χ0n) is 34.6. The van der Waals surface area contributed by atoms with Crippen molar-refractivity contribution in [2.24, 2.45) is 29.6 Å². The van der Waals surface area contributed by atoms with E-state index in [-0.39, 0.29) is 36.4 Å². The SMILES string of the molecule is CC=CC=CC1OC(O)(C(C)C(O)C(C)C2OC(=O)C(OC)=CC(C)=CC(C)C(O)C(C)CC(C)=CC=CC2OC)CC(OC2CC(O)C(O)C(C)O2)C1C. The molecule has 5 N–H and O–H groups in total. The second kappa shape index (κ2) is 21.2. The van der Waals surface area contributed by atoms with Gasteiger partial charge in [0.15, 0.2) is 12.1 Å². The van der Waals surface area contributed by atoms with Crippen molar-refractivity contribution in [1.29, 1.82) is 0 Å². The zero-order chi connectivity index (χ0) is 41.2. The number of cyclic esters (lactones) is 1. The maximum Gasteiger partial charge on any atom is 0.373 e. The van der Waals surface area contributed by atoms with E-state index in [1.54, 1.807) is 32.9 Å². The number of aliphatic hydroxyl groups is 5. The van der Waals surface area contributed by atoms with Gasteiger partial charge in [0.05, 0.1) is 43.7 Å². The first-order chi connectivity index (χ1) is 25.9. The number of esters is 1. The highest BCUT2D eigenvalue weighted by atomic mass is 16.7. The number of allylic oxidation sites excluding steroid dienone is 8.